The molecule has 0 saturated heterocycles. The molecule has 2 heterocycles. The molecular weight excluding hydrogens is 332 g/mol. The number of rotatable bonds is 7. The topological polar surface area (TPSA) is 108 Å². The highest BCUT2D eigenvalue weighted by Crippen LogP contribution is 2.31. The molecule has 134 valence electrons. The van der Waals surface area contributed by atoms with Crippen molar-refractivity contribution >= 4 is 15.9 Å². The maximum Gasteiger partial charge on any atom is 0.163 e. The van der Waals surface area contributed by atoms with Gasteiger partial charge in [-0.2, -0.15) is 0 Å². The second-order valence-electron chi connectivity index (χ2n) is 6.22. The summed E-state index contributed by atoms with van der Waals surface area (Å²) in [4.78, 5) is 0. The molecule has 0 spiro atoms. The van der Waals surface area contributed by atoms with Crippen molar-refractivity contribution in [2.45, 2.75) is 44.6 Å². The molecule has 0 radical (unpaired) electrons. The number of aliphatic hydroxyl groups is 3. The maximum absolute atomic E-state index is 12.0. The summed E-state index contributed by atoms with van der Waals surface area (Å²) in [7, 11) is -3.41. The number of hydrogen-bond acceptors (Lipinski definition) is 6. The zero-order valence-electron chi connectivity index (χ0n) is 13.9. The van der Waals surface area contributed by atoms with Crippen molar-refractivity contribution in [1.29, 1.82) is 0 Å². The van der Waals surface area contributed by atoms with Crippen LogP contribution in [-0.4, -0.2) is 47.5 Å². The maximum atomic E-state index is 12.0. The second kappa shape index (κ2) is 7.65. The summed E-state index contributed by atoms with van der Waals surface area (Å²) >= 11 is 0. The van der Waals surface area contributed by atoms with Gasteiger partial charge in [-0.1, -0.05) is 11.1 Å². The van der Waals surface area contributed by atoms with Crippen molar-refractivity contribution in [3.63, 3.8) is 0 Å². The summed E-state index contributed by atoms with van der Waals surface area (Å²) < 4.78 is 29.3. The molecule has 3 N–H and O–H groups in total. The van der Waals surface area contributed by atoms with Gasteiger partial charge >= 0.3 is 0 Å². The average molecular weight is 356 g/mol. The Bertz CT molecular complexity index is 741. The van der Waals surface area contributed by atoms with Crippen LogP contribution >= 0.6 is 0 Å². The lowest BCUT2D eigenvalue weighted by Crippen LogP contribution is -2.29. The van der Waals surface area contributed by atoms with E-state index in [9.17, 15) is 18.6 Å². The van der Waals surface area contributed by atoms with Crippen molar-refractivity contribution in [3.05, 3.63) is 40.4 Å². The van der Waals surface area contributed by atoms with Crippen molar-refractivity contribution in [2.24, 2.45) is 0 Å². The molecule has 24 heavy (non-hydrogen) atoms. The van der Waals surface area contributed by atoms with Crippen LogP contribution in [0.3, 0.4) is 0 Å². The normalized spacial score (nSPS) is 22.2. The fourth-order valence-corrected chi connectivity index (χ4v) is 5.00. The van der Waals surface area contributed by atoms with E-state index in [1.165, 1.54) is 0 Å². The van der Waals surface area contributed by atoms with Gasteiger partial charge in [0, 0.05) is 0 Å². The Hall–Kier alpha value is -1.41. The van der Waals surface area contributed by atoms with Crippen molar-refractivity contribution in [1.82, 2.24) is 0 Å². The van der Waals surface area contributed by atoms with Gasteiger partial charge in [0.2, 0.25) is 0 Å². The number of furan rings is 1. The van der Waals surface area contributed by atoms with Gasteiger partial charge in [-0.25, -0.2) is 8.42 Å². The van der Waals surface area contributed by atoms with Crippen LogP contribution in [-0.2, 0) is 16.4 Å². The molecule has 0 saturated carbocycles. The van der Waals surface area contributed by atoms with Gasteiger partial charge in [0.25, 0.3) is 0 Å². The molecule has 0 bridgehead atoms. The van der Waals surface area contributed by atoms with Crippen molar-refractivity contribution < 1.29 is 28.2 Å². The van der Waals surface area contributed by atoms with Gasteiger partial charge in [0.15, 0.2) is 9.84 Å². The summed E-state index contributed by atoms with van der Waals surface area (Å²) in [5, 5.41) is 27.7. The number of sulfone groups is 1. The third kappa shape index (κ3) is 4.16. The Labute approximate surface area is 142 Å². The highest BCUT2D eigenvalue weighted by Gasteiger charge is 2.39. The molecule has 1 aliphatic rings. The van der Waals surface area contributed by atoms with E-state index in [-0.39, 0.29) is 12.4 Å². The van der Waals surface area contributed by atoms with E-state index in [0.717, 1.165) is 5.57 Å². The third-order valence-electron chi connectivity index (χ3n) is 4.25. The molecule has 1 aliphatic heterocycles. The molecule has 2 rings (SSSR count). The predicted octanol–water partition coefficient (Wildman–Crippen LogP) is 1.42. The average Bonchev–Trinajstić information content (AvgIpc) is 3.05. The van der Waals surface area contributed by atoms with Gasteiger partial charge in [-0.05, 0) is 50.5 Å². The Balaban J connectivity index is 2.02. The monoisotopic (exact) mass is 356 g/mol. The number of aliphatic hydroxyl groups excluding tert-OH is 3. The highest BCUT2D eigenvalue weighted by molar-refractivity contribution is 7.92. The van der Waals surface area contributed by atoms with Crippen LogP contribution in [0.15, 0.2) is 33.3 Å². The Morgan fingerprint density at radius 2 is 2.12 bits per heavy atom. The molecule has 0 fully saturated rings. The molecule has 0 unspecified atom stereocenters. The van der Waals surface area contributed by atoms with Crippen LogP contribution < -0.4 is 0 Å². The lowest BCUT2D eigenvalue weighted by molar-refractivity contribution is 0.189. The molecule has 2 atom stereocenters. The lowest BCUT2D eigenvalue weighted by Gasteiger charge is -2.18. The van der Waals surface area contributed by atoms with Crippen LogP contribution in [0.1, 0.15) is 38.2 Å². The smallest absolute Gasteiger partial charge is 0.163 e. The second-order valence-corrected chi connectivity index (χ2v) is 8.40. The van der Waals surface area contributed by atoms with Crippen LogP contribution in [0.25, 0.3) is 6.08 Å². The first-order chi connectivity index (χ1) is 11.3. The van der Waals surface area contributed by atoms with Gasteiger partial charge < -0.3 is 19.7 Å². The molecule has 0 aromatic carbocycles. The highest BCUT2D eigenvalue weighted by atomic mass is 32.2. The van der Waals surface area contributed by atoms with Gasteiger partial charge in [0.05, 0.1) is 18.5 Å². The van der Waals surface area contributed by atoms with Gasteiger partial charge in [0.1, 0.15) is 23.4 Å². The van der Waals surface area contributed by atoms with E-state index in [0.29, 0.717) is 35.5 Å². The Kier molecular flexibility index (Phi) is 6.03. The summed E-state index contributed by atoms with van der Waals surface area (Å²) in [6.07, 6.45) is 1.86. The predicted molar refractivity (Wildman–Crippen MR) is 90.9 cm³/mol. The molecule has 1 aromatic rings. The Morgan fingerprint density at radius 3 is 2.71 bits per heavy atom. The third-order valence-corrected chi connectivity index (χ3v) is 6.36. The van der Waals surface area contributed by atoms with E-state index < -0.39 is 27.8 Å². The minimum absolute atomic E-state index is 0.101. The first-order valence-electron chi connectivity index (χ1n) is 7.85. The summed E-state index contributed by atoms with van der Waals surface area (Å²) in [5.74, 6) is 1.01. The molecule has 0 aliphatic carbocycles. The fourth-order valence-electron chi connectivity index (χ4n) is 3.06. The van der Waals surface area contributed by atoms with E-state index in [1.54, 1.807) is 19.1 Å². The largest absolute Gasteiger partial charge is 0.459 e. The van der Waals surface area contributed by atoms with E-state index in [2.05, 4.69) is 0 Å². The van der Waals surface area contributed by atoms with E-state index >= 15 is 0 Å². The number of hydrogen-bond donors (Lipinski definition) is 3. The zero-order chi connectivity index (χ0) is 17.9. The minimum Gasteiger partial charge on any atom is -0.459 e. The summed E-state index contributed by atoms with van der Waals surface area (Å²) in [6.45, 7) is 2.92. The van der Waals surface area contributed by atoms with Crippen molar-refractivity contribution in [2.75, 3.05) is 12.4 Å². The zero-order valence-corrected chi connectivity index (χ0v) is 14.7. The number of allylic oxidation sites excluding steroid dienone is 1. The quantitative estimate of drug-likeness (QED) is 0.638. The summed E-state index contributed by atoms with van der Waals surface area (Å²) in [5.41, 5.74) is 2.03. The first kappa shape index (κ1) is 18.9. The van der Waals surface area contributed by atoms with E-state index in [1.807, 2.05) is 13.0 Å². The molecule has 1 aromatic heterocycles. The standard InChI is InChI=1S/C17H24O6S/c1-11(7-13-4-5-14(8-18)23-13)3-6-15(20)17-12(2)10-24(21,22)16(17)9-19/h4-5,7,15-16,18-20H,3,6,8-10H2,1-2H3/b11-7+/t15-,16+/m1/s1. The SMILES string of the molecule is CC1=C([C@H](O)CC/C(C)=C/c2ccc(CO)o2)[C@H](CO)S(=O)(=O)C1. The molecular formula is C17H24O6S. The fraction of sp³-hybridized carbons (Fsp3) is 0.529. The minimum atomic E-state index is -3.41. The lowest BCUT2D eigenvalue weighted by atomic mass is 9.96. The van der Waals surface area contributed by atoms with Crippen LogP contribution in [0.2, 0.25) is 0 Å². The molecule has 6 nitrogen and oxygen atoms in total. The molecule has 0 amide bonds. The van der Waals surface area contributed by atoms with Gasteiger partial charge in [-0.15, -0.1) is 0 Å². The first-order valence-corrected chi connectivity index (χ1v) is 9.56. The van der Waals surface area contributed by atoms with Crippen LogP contribution in [0.5, 0.6) is 0 Å². The van der Waals surface area contributed by atoms with E-state index in [4.69, 9.17) is 9.52 Å². The van der Waals surface area contributed by atoms with Crippen LogP contribution in [0.4, 0.5) is 0 Å². The van der Waals surface area contributed by atoms with Crippen molar-refractivity contribution in [3.8, 4) is 0 Å². The Morgan fingerprint density at radius 1 is 1.42 bits per heavy atom. The molecule has 7 heteroatoms. The summed E-state index contributed by atoms with van der Waals surface area (Å²) in [6, 6.07) is 3.45. The van der Waals surface area contributed by atoms with Gasteiger partial charge in [-0.3, -0.25) is 0 Å². The van der Waals surface area contributed by atoms with Crippen LogP contribution in [0, 0.1) is 0 Å².